The number of hydrogen-bond donors (Lipinski definition) is 0. The molecule has 0 radical (unpaired) electrons. The molecule has 3 heterocycles. The van der Waals surface area contributed by atoms with Gasteiger partial charge >= 0.3 is 5.97 Å². The number of likely N-dealkylation sites (N-methyl/N-ethyl adjacent to an activating group) is 1. The summed E-state index contributed by atoms with van der Waals surface area (Å²) in [6.45, 7) is 8.17. The van der Waals surface area contributed by atoms with Gasteiger partial charge in [0.2, 0.25) is 12.0 Å². The van der Waals surface area contributed by atoms with Crippen molar-refractivity contribution in [1.29, 1.82) is 0 Å². The number of halogens is 1. The third kappa shape index (κ3) is 7.59. The molecule has 1 saturated heterocycles. The lowest BCUT2D eigenvalue weighted by atomic mass is 10.0. The van der Waals surface area contributed by atoms with Gasteiger partial charge in [-0.15, -0.1) is 0 Å². The summed E-state index contributed by atoms with van der Waals surface area (Å²) < 4.78 is 19.8. The fraction of sp³-hybridized carbons (Fsp3) is 0.324. The van der Waals surface area contributed by atoms with Crippen molar-refractivity contribution in [3.05, 3.63) is 107 Å². The number of piperazine rings is 1. The second-order valence-corrected chi connectivity index (χ2v) is 12.3. The van der Waals surface area contributed by atoms with Crippen LogP contribution in [0.15, 0.2) is 85.3 Å². The number of carbonyl (C=O) groups excluding carboxylic acids is 1. The molecule has 1 aliphatic heterocycles. The lowest BCUT2D eigenvalue weighted by Crippen LogP contribution is -2.45. The van der Waals surface area contributed by atoms with Crippen LogP contribution in [0.4, 0.5) is 0 Å². The average molecular weight is 654 g/mol. The summed E-state index contributed by atoms with van der Waals surface area (Å²) in [6, 6.07) is 23.8. The van der Waals surface area contributed by atoms with Gasteiger partial charge in [0, 0.05) is 57.4 Å². The summed E-state index contributed by atoms with van der Waals surface area (Å²) in [4.78, 5) is 27.0. The van der Waals surface area contributed by atoms with Crippen molar-refractivity contribution in [2.45, 2.75) is 26.0 Å². The molecule has 2 aromatic heterocycles. The van der Waals surface area contributed by atoms with E-state index in [1.54, 1.807) is 0 Å². The van der Waals surface area contributed by atoms with Crippen LogP contribution in [0.25, 0.3) is 22.2 Å². The summed E-state index contributed by atoms with van der Waals surface area (Å²) in [5.74, 6) is 0.464. The minimum absolute atomic E-state index is 0.297. The molecule has 0 unspecified atom stereocenters. The molecule has 3 aromatic carbocycles. The maximum absolute atomic E-state index is 13.0. The highest BCUT2D eigenvalue weighted by Crippen LogP contribution is 2.41. The van der Waals surface area contributed by atoms with Crippen molar-refractivity contribution >= 4 is 28.6 Å². The van der Waals surface area contributed by atoms with E-state index in [9.17, 15) is 4.79 Å². The average Bonchev–Trinajstić information content (AvgIpc) is 3.46. The van der Waals surface area contributed by atoms with E-state index >= 15 is 0 Å². The molecule has 1 fully saturated rings. The molecule has 5 aromatic rings. The van der Waals surface area contributed by atoms with E-state index < -0.39 is 12.1 Å². The van der Waals surface area contributed by atoms with E-state index in [-0.39, 0.29) is 0 Å². The van der Waals surface area contributed by atoms with Gasteiger partial charge in [-0.05, 0) is 42.3 Å². The topological polar surface area (TPSA) is 81.9 Å². The molecule has 10 heteroatoms. The number of ether oxygens (including phenoxy) is 3. The van der Waals surface area contributed by atoms with Gasteiger partial charge in [0.15, 0.2) is 0 Å². The monoisotopic (exact) mass is 653 g/mol. The Balaban J connectivity index is 1.35. The Bertz CT molecular complexity index is 1810. The molecular formula is C37H40ClN5O4. The second kappa shape index (κ2) is 15.0. The molecule has 1 atom stereocenters. The highest BCUT2D eigenvalue weighted by Gasteiger charge is 2.27. The van der Waals surface area contributed by atoms with E-state index in [1.807, 2.05) is 67.6 Å². The first-order valence-corrected chi connectivity index (χ1v) is 16.3. The molecule has 47 heavy (non-hydrogen) atoms. The third-order valence-electron chi connectivity index (χ3n) is 8.70. The van der Waals surface area contributed by atoms with Crippen molar-refractivity contribution < 1.29 is 19.0 Å². The fourth-order valence-electron chi connectivity index (χ4n) is 5.98. The molecule has 244 valence electrons. The number of carbonyl (C=O) groups is 1. The van der Waals surface area contributed by atoms with Crippen molar-refractivity contribution in [2.75, 3.05) is 53.5 Å². The lowest BCUT2D eigenvalue weighted by Gasteiger charge is -2.32. The van der Waals surface area contributed by atoms with Gasteiger partial charge in [-0.25, -0.2) is 14.8 Å². The second-order valence-electron chi connectivity index (χ2n) is 11.9. The minimum Gasteiger partial charge on any atom is -0.491 e. The molecular weight excluding hydrogens is 614 g/mol. The fourth-order valence-corrected chi connectivity index (χ4v) is 6.20. The third-order valence-corrected chi connectivity index (χ3v) is 9.17. The summed E-state index contributed by atoms with van der Waals surface area (Å²) in [6.07, 6.45) is 2.93. The predicted octanol–water partition coefficient (Wildman–Crippen LogP) is 5.90. The van der Waals surface area contributed by atoms with Gasteiger partial charge in [0.25, 0.3) is 0 Å². The normalized spacial score (nSPS) is 14.6. The maximum Gasteiger partial charge on any atom is 0.347 e. The van der Waals surface area contributed by atoms with E-state index in [2.05, 4.69) is 44.7 Å². The Morgan fingerprint density at radius 2 is 1.62 bits per heavy atom. The molecule has 6 rings (SSSR count). The predicted molar refractivity (Wildman–Crippen MR) is 184 cm³/mol. The van der Waals surface area contributed by atoms with Crippen molar-refractivity contribution in [3.8, 4) is 22.8 Å². The van der Waals surface area contributed by atoms with Gasteiger partial charge in [-0.2, -0.15) is 0 Å². The van der Waals surface area contributed by atoms with E-state index in [0.29, 0.717) is 47.3 Å². The minimum atomic E-state index is -0.911. The van der Waals surface area contributed by atoms with Crippen LogP contribution in [0.3, 0.4) is 0 Å². The summed E-state index contributed by atoms with van der Waals surface area (Å²) >= 11 is 6.98. The van der Waals surface area contributed by atoms with Crippen molar-refractivity contribution in [1.82, 2.24) is 24.3 Å². The number of aromatic nitrogens is 3. The number of benzene rings is 3. The van der Waals surface area contributed by atoms with Gasteiger partial charge < -0.3 is 23.7 Å². The van der Waals surface area contributed by atoms with Crippen LogP contribution in [0.1, 0.15) is 16.7 Å². The number of nitrogens with zero attached hydrogens (tertiary/aromatic N) is 5. The molecule has 0 saturated carbocycles. The van der Waals surface area contributed by atoms with Gasteiger partial charge in [0.05, 0.1) is 17.5 Å². The van der Waals surface area contributed by atoms with Crippen molar-refractivity contribution in [3.63, 3.8) is 0 Å². The van der Waals surface area contributed by atoms with Crippen LogP contribution in [0.5, 0.6) is 11.6 Å². The molecule has 0 aliphatic carbocycles. The van der Waals surface area contributed by atoms with Crippen LogP contribution in [0, 0.1) is 6.92 Å². The standard InChI is InChI=1S/C37H40ClN5O4/c1-26-29(14-15-31(34(26)38)46-21-20-42-18-16-41(2)17-19-42)30-24-43(23-28-12-8-5-9-13-28)35-33(30)36(40-25-39-35)47-32(37(44)45-3)22-27-10-6-4-7-11-27/h4-15,24-25,32H,16-23H2,1-3H3/t32-/m1/s1. The number of methoxy groups -OCH3 is 1. The first kappa shape index (κ1) is 32.5. The van der Waals surface area contributed by atoms with Crippen LogP contribution < -0.4 is 9.47 Å². The number of fused-ring (bicyclic) bond motifs is 1. The summed E-state index contributed by atoms with van der Waals surface area (Å²) in [7, 11) is 3.52. The Hall–Kier alpha value is -4.44. The van der Waals surface area contributed by atoms with Crippen LogP contribution in [-0.4, -0.2) is 89.9 Å². The van der Waals surface area contributed by atoms with E-state index in [1.165, 1.54) is 13.4 Å². The quantitative estimate of drug-likeness (QED) is 0.154. The van der Waals surface area contributed by atoms with E-state index in [0.717, 1.165) is 60.5 Å². The van der Waals surface area contributed by atoms with Gasteiger partial charge in [-0.3, -0.25) is 4.90 Å². The van der Waals surface area contributed by atoms with Crippen molar-refractivity contribution in [2.24, 2.45) is 0 Å². The SMILES string of the molecule is COC(=O)[C@@H](Cc1ccccc1)Oc1ncnc2c1c(-c1ccc(OCCN3CCN(C)CC3)c(Cl)c1C)cn2Cc1ccccc1. The first-order valence-electron chi connectivity index (χ1n) is 15.9. The smallest absolute Gasteiger partial charge is 0.347 e. The Morgan fingerprint density at radius 1 is 0.915 bits per heavy atom. The molecule has 0 spiro atoms. The zero-order chi connectivity index (χ0) is 32.8. The zero-order valence-corrected chi connectivity index (χ0v) is 27.8. The molecule has 0 amide bonds. The number of rotatable bonds is 12. The number of esters is 1. The zero-order valence-electron chi connectivity index (χ0n) is 27.1. The first-order chi connectivity index (χ1) is 22.9. The van der Waals surface area contributed by atoms with E-state index in [4.69, 9.17) is 30.8 Å². The van der Waals surface area contributed by atoms with Gasteiger partial charge in [0.1, 0.15) is 24.3 Å². The Kier molecular flexibility index (Phi) is 10.4. The Morgan fingerprint density at radius 3 is 2.32 bits per heavy atom. The molecule has 0 N–H and O–H groups in total. The number of hydrogen-bond acceptors (Lipinski definition) is 8. The Labute approximate surface area is 280 Å². The van der Waals surface area contributed by atoms with Crippen LogP contribution in [0.2, 0.25) is 5.02 Å². The van der Waals surface area contributed by atoms with Crippen LogP contribution >= 0.6 is 11.6 Å². The molecule has 0 bridgehead atoms. The van der Waals surface area contributed by atoms with Gasteiger partial charge in [-0.1, -0.05) is 78.3 Å². The highest BCUT2D eigenvalue weighted by atomic mass is 35.5. The largest absolute Gasteiger partial charge is 0.491 e. The lowest BCUT2D eigenvalue weighted by molar-refractivity contribution is -0.148. The summed E-state index contributed by atoms with van der Waals surface area (Å²) in [5.41, 5.74) is 5.36. The van der Waals surface area contributed by atoms with Crippen LogP contribution in [-0.2, 0) is 22.5 Å². The highest BCUT2D eigenvalue weighted by molar-refractivity contribution is 6.33. The molecule has 9 nitrogen and oxygen atoms in total. The molecule has 1 aliphatic rings. The maximum atomic E-state index is 13.0. The summed E-state index contributed by atoms with van der Waals surface area (Å²) in [5, 5.41) is 1.24.